The predicted molar refractivity (Wildman–Crippen MR) is 134 cm³/mol. The molecule has 0 aliphatic rings. The van der Waals surface area contributed by atoms with Crippen molar-refractivity contribution in [1.29, 1.82) is 0 Å². The Labute approximate surface area is 196 Å². The van der Waals surface area contributed by atoms with Gasteiger partial charge in [0, 0.05) is 5.56 Å². The number of hydrogen-bond acceptors (Lipinski definition) is 4. The molecule has 2 aromatic rings. The lowest BCUT2D eigenvalue weighted by Crippen LogP contribution is -1.97. The SMILES string of the molecule is CCCCCCCCCCCCCCCCCCCCOc1ccc(-c2nnco2)cc1. The zero-order valence-electron chi connectivity index (χ0n) is 20.5. The van der Waals surface area contributed by atoms with Crippen molar-refractivity contribution in [3.8, 4) is 17.2 Å². The number of nitrogens with zero attached hydrogens (tertiary/aromatic N) is 2. The average molecular weight is 443 g/mol. The van der Waals surface area contributed by atoms with Gasteiger partial charge in [-0.25, -0.2) is 0 Å². The van der Waals surface area contributed by atoms with E-state index in [9.17, 15) is 0 Å². The van der Waals surface area contributed by atoms with Gasteiger partial charge in [0.15, 0.2) is 0 Å². The summed E-state index contributed by atoms with van der Waals surface area (Å²) in [7, 11) is 0. The van der Waals surface area contributed by atoms with Gasteiger partial charge < -0.3 is 9.15 Å². The quantitative estimate of drug-likeness (QED) is 0.181. The van der Waals surface area contributed by atoms with E-state index in [-0.39, 0.29) is 0 Å². The third-order valence-corrected chi connectivity index (χ3v) is 6.23. The van der Waals surface area contributed by atoms with Crippen LogP contribution in [0.1, 0.15) is 122 Å². The molecule has 0 amide bonds. The maximum atomic E-state index is 5.84. The Morgan fingerprint density at radius 2 is 1.09 bits per heavy atom. The molecule has 2 rings (SSSR count). The van der Waals surface area contributed by atoms with Gasteiger partial charge in [0.05, 0.1) is 6.61 Å². The molecule has 0 aliphatic carbocycles. The molecule has 4 heteroatoms. The molecule has 0 fully saturated rings. The fraction of sp³-hybridized carbons (Fsp3) is 0.714. The average Bonchev–Trinajstić information content (AvgIpc) is 3.36. The summed E-state index contributed by atoms with van der Waals surface area (Å²) in [6.07, 6.45) is 26.6. The standard InChI is InChI=1S/C28H46N2O2/c1-2-3-4-5-6-7-8-9-10-11-12-13-14-15-16-17-18-19-24-31-27-22-20-26(21-23-27)28-30-29-25-32-28/h20-23,25H,2-19,24H2,1H3. The second-order valence-corrected chi connectivity index (χ2v) is 9.13. The van der Waals surface area contributed by atoms with Crippen LogP contribution in [-0.4, -0.2) is 16.8 Å². The lowest BCUT2D eigenvalue weighted by Gasteiger charge is -2.06. The molecule has 0 spiro atoms. The number of aromatic nitrogens is 2. The van der Waals surface area contributed by atoms with Crippen LogP contribution in [0.3, 0.4) is 0 Å². The van der Waals surface area contributed by atoms with E-state index in [0.717, 1.165) is 24.3 Å². The van der Waals surface area contributed by atoms with Crippen LogP contribution >= 0.6 is 0 Å². The van der Waals surface area contributed by atoms with Crippen LogP contribution in [0.15, 0.2) is 35.1 Å². The van der Waals surface area contributed by atoms with Gasteiger partial charge in [-0.2, -0.15) is 0 Å². The summed E-state index contributed by atoms with van der Waals surface area (Å²) in [6, 6.07) is 7.85. The number of unbranched alkanes of at least 4 members (excludes halogenated alkanes) is 17. The Morgan fingerprint density at radius 1 is 0.625 bits per heavy atom. The summed E-state index contributed by atoms with van der Waals surface area (Å²) in [5.41, 5.74) is 0.919. The minimum Gasteiger partial charge on any atom is -0.494 e. The molecule has 32 heavy (non-hydrogen) atoms. The van der Waals surface area contributed by atoms with Gasteiger partial charge >= 0.3 is 0 Å². The van der Waals surface area contributed by atoms with Gasteiger partial charge in [0.1, 0.15) is 5.75 Å². The highest BCUT2D eigenvalue weighted by Gasteiger charge is 2.03. The summed E-state index contributed by atoms with van der Waals surface area (Å²) in [4.78, 5) is 0. The molecule has 0 saturated heterocycles. The fourth-order valence-corrected chi connectivity index (χ4v) is 4.19. The first-order chi connectivity index (χ1) is 15.9. The predicted octanol–water partition coefficient (Wildman–Crippen LogP) is 9.16. The molecule has 0 N–H and O–H groups in total. The summed E-state index contributed by atoms with van der Waals surface area (Å²) < 4.78 is 11.0. The largest absolute Gasteiger partial charge is 0.494 e. The lowest BCUT2D eigenvalue weighted by molar-refractivity contribution is 0.304. The second kappa shape index (κ2) is 18.7. The van der Waals surface area contributed by atoms with Gasteiger partial charge in [-0.1, -0.05) is 116 Å². The van der Waals surface area contributed by atoms with Crippen LogP contribution in [0.5, 0.6) is 5.75 Å². The zero-order valence-corrected chi connectivity index (χ0v) is 20.5. The topological polar surface area (TPSA) is 48.2 Å². The Kier molecular flexibility index (Phi) is 15.4. The highest BCUT2D eigenvalue weighted by Crippen LogP contribution is 2.20. The van der Waals surface area contributed by atoms with E-state index in [2.05, 4.69) is 17.1 Å². The second-order valence-electron chi connectivity index (χ2n) is 9.13. The molecule has 4 nitrogen and oxygen atoms in total. The normalized spacial score (nSPS) is 11.2. The summed E-state index contributed by atoms with van der Waals surface area (Å²) in [6.45, 7) is 3.08. The molecule has 180 valence electrons. The van der Waals surface area contributed by atoms with Gasteiger partial charge in [0.2, 0.25) is 12.3 Å². The first kappa shape index (κ1) is 26.4. The summed E-state index contributed by atoms with van der Waals surface area (Å²) in [5.74, 6) is 1.44. The number of ether oxygens (including phenoxy) is 1. The summed E-state index contributed by atoms with van der Waals surface area (Å²) in [5, 5.41) is 7.62. The minimum atomic E-state index is 0.542. The van der Waals surface area contributed by atoms with Crippen LogP contribution < -0.4 is 4.74 Å². The smallest absolute Gasteiger partial charge is 0.247 e. The highest BCUT2D eigenvalue weighted by atomic mass is 16.5. The Hall–Kier alpha value is -1.84. The monoisotopic (exact) mass is 442 g/mol. The number of benzene rings is 1. The van der Waals surface area contributed by atoms with Crippen molar-refractivity contribution in [3.05, 3.63) is 30.7 Å². The van der Waals surface area contributed by atoms with Crippen molar-refractivity contribution < 1.29 is 9.15 Å². The van der Waals surface area contributed by atoms with Crippen LogP contribution in [0.25, 0.3) is 11.5 Å². The highest BCUT2D eigenvalue weighted by molar-refractivity contribution is 5.53. The molecule has 0 radical (unpaired) electrons. The molecule has 1 aromatic heterocycles. The molecule has 0 atom stereocenters. The van der Waals surface area contributed by atoms with E-state index < -0.39 is 0 Å². The van der Waals surface area contributed by atoms with Crippen LogP contribution in [0.2, 0.25) is 0 Å². The Morgan fingerprint density at radius 3 is 1.53 bits per heavy atom. The van der Waals surface area contributed by atoms with Crippen molar-refractivity contribution in [1.82, 2.24) is 10.2 Å². The van der Waals surface area contributed by atoms with Crippen molar-refractivity contribution in [2.24, 2.45) is 0 Å². The van der Waals surface area contributed by atoms with E-state index >= 15 is 0 Å². The van der Waals surface area contributed by atoms with Crippen molar-refractivity contribution in [3.63, 3.8) is 0 Å². The van der Waals surface area contributed by atoms with Crippen LogP contribution in [-0.2, 0) is 0 Å². The number of rotatable bonds is 21. The van der Waals surface area contributed by atoms with Crippen molar-refractivity contribution >= 4 is 0 Å². The van der Waals surface area contributed by atoms with E-state index in [4.69, 9.17) is 9.15 Å². The first-order valence-corrected chi connectivity index (χ1v) is 13.4. The zero-order chi connectivity index (χ0) is 22.5. The molecule has 0 saturated carbocycles. The molecule has 1 heterocycles. The van der Waals surface area contributed by atoms with E-state index in [0.29, 0.717) is 5.89 Å². The van der Waals surface area contributed by atoms with Gasteiger partial charge in [-0.3, -0.25) is 0 Å². The molecule has 0 bridgehead atoms. The number of hydrogen-bond donors (Lipinski definition) is 0. The molecule has 0 aliphatic heterocycles. The van der Waals surface area contributed by atoms with Gasteiger partial charge in [-0.15, -0.1) is 10.2 Å². The van der Waals surface area contributed by atoms with Crippen LogP contribution in [0.4, 0.5) is 0 Å². The maximum Gasteiger partial charge on any atom is 0.247 e. The lowest BCUT2D eigenvalue weighted by atomic mass is 10.0. The van der Waals surface area contributed by atoms with E-state index in [1.165, 1.54) is 116 Å². The minimum absolute atomic E-state index is 0.542. The third-order valence-electron chi connectivity index (χ3n) is 6.23. The molecular weight excluding hydrogens is 396 g/mol. The Balaban J connectivity index is 1.29. The molecular formula is C28H46N2O2. The van der Waals surface area contributed by atoms with Crippen molar-refractivity contribution in [2.75, 3.05) is 6.61 Å². The van der Waals surface area contributed by atoms with Crippen LogP contribution in [0, 0.1) is 0 Å². The first-order valence-electron chi connectivity index (χ1n) is 13.4. The van der Waals surface area contributed by atoms with Crippen molar-refractivity contribution in [2.45, 2.75) is 122 Å². The van der Waals surface area contributed by atoms with Gasteiger partial charge in [-0.05, 0) is 30.7 Å². The summed E-state index contributed by atoms with van der Waals surface area (Å²) >= 11 is 0. The fourth-order valence-electron chi connectivity index (χ4n) is 4.19. The van der Waals surface area contributed by atoms with E-state index in [1.807, 2.05) is 24.3 Å². The Bertz CT molecular complexity index is 640. The third kappa shape index (κ3) is 12.9. The van der Waals surface area contributed by atoms with E-state index in [1.54, 1.807) is 0 Å². The molecule has 1 aromatic carbocycles. The van der Waals surface area contributed by atoms with Gasteiger partial charge in [0.25, 0.3) is 0 Å². The molecule has 0 unspecified atom stereocenters. The maximum absolute atomic E-state index is 5.84.